The van der Waals surface area contributed by atoms with Crippen LogP contribution >= 0.6 is 11.6 Å². The van der Waals surface area contributed by atoms with Gasteiger partial charge in [0.05, 0.1) is 10.7 Å². The van der Waals surface area contributed by atoms with Gasteiger partial charge in [-0.15, -0.1) is 0 Å². The fraction of sp³-hybridized carbons (Fsp3) is 0.250. The number of aryl methyl sites for hydroxylation is 3. The third-order valence-electron chi connectivity index (χ3n) is 3.27. The first-order valence-corrected chi connectivity index (χ1v) is 6.64. The van der Waals surface area contributed by atoms with Crippen LogP contribution in [0, 0.1) is 20.8 Å². The lowest BCUT2D eigenvalue weighted by Gasteiger charge is -2.23. The van der Waals surface area contributed by atoms with E-state index in [4.69, 9.17) is 17.3 Å². The number of benzene rings is 2. The number of hydrogen-bond donors (Lipinski definition) is 1. The minimum absolute atomic E-state index is 0.594. The Labute approximate surface area is 119 Å². The molecule has 0 bridgehead atoms. The van der Waals surface area contributed by atoms with Crippen LogP contribution in [0.4, 0.5) is 17.1 Å². The molecule has 0 aliphatic rings. The molecule has 100 valence electrons. The Morgan fingerprint density at radius 1 is 0.947 bits per heavy atom. The van der Waals surface area contributed by atoms with Crippen molar-refractivity contribution in [3.05, 3.63) is 52.0 Å². The van der Waals surface area contributed by atoms with Crippen LogP contribution in [0.1, 0.15) is 16.7 Å². The molecule has 0 saturated carbocycles. The van der Waals surface area contributed by atoms with Crippen molar-refractivity contribution < 1.29 is 0 Å². The maximum atomic E-state index is 6.13. The van der Waals surface area contributed by atoms with Crippen molar-refractivity contribution in [1.82, 2.24) is 0 Å². The maximum Gasteiger partial charge on any atom is 0.0656 e. The minimum atomic E-state index is 0.594. The van der Waals surface area contributed by atoms with Gasteiger partial charge >= 0.3 is 0 Å². The van der Waals surface area contributed by atoms with Crippen LogP contribution in [0.2, 0.25) is 5.02 Å². The highest BCUT2D eigenvalue weighted by atomic mass is 35.5. The summed E-state index contributed by atoms with van der Waals surface area (Å²) in [6.45, 7) is 6.25. The Balaban J connectivity index is 2.49. The molecule has 2 rings (SSSR count). The molecule has 0 spiro atoms. The second-order valence-electron chi connectivity index (χ2n) is 5.07. The molecule has 3 heteroatoms. The number of hydrogen-bond acceptors (Lipinski definition) is 2. The molecule has 0 saturated heterocycles. The second kappa shape index (κ2) is 5.14. The lowest BCUT2D eigenvalue weighted by molar-refractivity contribution is 1.17. The van der Waals surface area contributed by atoms with Crippen LogP contribution in [0.5, 0.6) is 0 Å². The molecule has 2 aromatic carbocycles. The second-order valence-corrected chi connectivity index (χ2v) is 5.47. The van der Waals surface area contributed by atoms with Gasteiger partial charge in [0.1, 0.15) is 0 Å². The fourth-order valence-corrected chi connectivity index (χ4v) is 2.50. The van der Waals surface area contributed by atoms with E-state index in [2.05, 4.69) is 36.9 Å². The molecule has 2 N–H and O–H groups in total. The number of halogens is 1. The Morgan fingerprint density at radius 3 is 2.11 bits per heavy atom. The van der Waals surface area contributed by atoms with E-state index >= 15 is 0 Å². The quantitative estimate of drug-likeness (QED) is 0.810. The maximum absolute atomic E-state index is 6.13. The predicted octanol–water partition coefficient (Wildman–Crippen LogP) is 4.62. The van der Waals surface area contributed by atoms with Crippen molar-refractivity contribution in [2.45, 2.75) is 20.8 Å². The molecule has 0 aliphatic carbocycles. The van der Waals surface area contributed by atoms with E-state index in [9.17, 15) is 0 Å². The van der Waals surface area contributed by atoms with Crippen molar-refractivity contribution in [2.24, 2.45) is 0 Å². The van der Waals surface area contributed by atoms with Crippen molar-refractivity contribution in [1.29, 1.82) is 0 Å². The Hall–Kier alpha value is -1.67. The summed E-state index contributed by atoms with van der Waals surface area (Å²) < 4.78 is 0. The summed E-state index contributed by atoms with van der Waals surface area (Å²) in [5.74, 6) is 0. The number of nitrogen functional groups attached to an aromatic ring is 1. The van der Waals surface area contributed by atoms with Crippen LogP contribution in [0.15, 0.2) is 30.3 Å². The number of anilines is 3. The van der Waals surface area contributed by atoms with E-state index in [0.29, 0.717) is 10.7 Å². The molecule has 0 aliphatic heterocycles. The lowest BCUT2D eigenvalue weighted by atomic mass is 10.1. The lowest BCUT2D eigenvalue weighted by Crippen LogP contribution is -2.11. The zero-order valence-electron chi connectivity index (χ0n) is 11.8. The van der Waals surface area contributed by atoms with Crippen LogP contribution in [-0.2, 0) is 0 Å². The molecule has 19 heavy (non-hydrogen) atoms. The molecule has 0 amide bonds. The first-order chi connectivity index (χ1) is 8.88. The Kier molecular flexibility index (Phi) is 3.72. The molecular weight excluding hydrogens is 256 g/mol. The van der Waals surface area contributed by atoms with E-state index in [1.807, 2.05) is 26.1 Å². The topological polar surface area (TPSA) is 29.3 Å². The molecular formula is C16H19ClN2. The molecule has 2 nitrogen and oxygen atoms in total. The standard InChI is InChI=1S/C16H19ClN2/c1-10-5-11(2)7-13(6-10)19(4)16-9-14(17)15(18)8-12(16)3/h5-9H,18H2,1-4H3. The van der Waals surface area contributed by atoms with Crippen molar-refractivity contribution in [2.75, 3.05) is 17.7 Å². The van der Waals surface area contributed by atoms with Gasteiger partial charge in [0.2, 0.25) is 0 Å². The first-order valence-electron chi connectivity index (χ1n) is 6.26. The Morgan fingerprint density at radius 2 is 1.53 bits per heavy atom. The van der Waals surface area contributed by atoms with Gasteiger partial charge in [0, 0.05) is 18.4 Å². The SMILES string of the molecule is Cc1cc(C)cc(N(C)c2cc(Cl)c(N)cc2C)c1. The molecule has 0 atom stereocenters. The van der Waals surface area contributed by atoms with Crippen molar-refractivity contribution in [3.63, 3.8) is 0 Å². The summed E-state index contributed by atoms with van der Waals surface area (Å²) in [7, 11) is 2.04. The van der Waals surface area contributed by atoms with Gasteiger partial charge in [-0.2, -0.15) is 0 Å². The van der Waals surface area contributed by atoms with Gasteiger partial charge in [-0.25, -0.2) is 0 Å². The van der Waals surface area contributed by atoms with E-state index in [-0.39, 0.29) is 0 Å². The van der Waals surface area contributed by atoms with Gasteiger partial charge in [0.25, 0.3) is 0 Å². The summed E-state index contributed by atoms with van der Waals surface area (Å²) in [4.78, 5) is 2.14. The summed E-state index contributed by atoms with van der Waals surface area (Å²) in [5.41, 5.74) is 12.3. The highest BCUT2D eigenvalue weighted by molar-refractivity contribution is 6.33. The third kappa shape index (κ3) is 2.85. The minimum Gasteiger partial charge on any atom is -0.398 e. The zero-order chi connectivity index (χ0) is 14.2. The molecule has 0 aromatic heterocycles. The summed E-state index contributed by atoms with van der Waals surface area (Å²) >= 11 is 6.13. The molecule has 2 aromatic rings. The molecule has 0 unspecified atom stereocenters. The van der Waals surface area contributed by atoms with Crippen LogP contribution in [-0.4, -0.2) is 7.05 Å². The van der Waals surface area contributed by atoms with Gasteiger partial charge in [-0.05, 0) is 61.7 Å². The number of rotatable bonds is 2. The van der Waals surface area contributed by atoms with Crippen molar-refractivity contribution >= 4 is 28.7 Å². The molecule has 0 radical (unpaired) electrons. The Bertz CT molecular complexity index is 600. The van der Waals surface area contributed by atoms with Gasteiger partial charge in [0.15, 0.2) is 0 Å². The van der Waals surface area contributed by atoms with Crippen LogP contribution in [0.25, 0.3) is 0 Å². The monoisotopic (exact) mass is 274 g/mol. The first kappa shape index (κ1) is 13.8. The van der Waals surface area contributed by atoms with Crippen LogP contribution < -0.4 is 10.6 Å². The third-order valence-corrected chi connectivity index (χ3v) is 3.60. The zero-order valence-corrected chi connectivity index (χ0v) is 12.5. The van der Waals surface area contributed by atoms with Crippen molar-refractivity contribution in [3.8, 4) is 0 Å². The summed E-state index contributed by atoms with van der Waals surface area (Å²) in [5, 5.41) is 0.594. The highest BCUT2D eigenvalue weighted by Crippen LogP contribution is 2.33. The van der Waals surface area contributed by atoms with Gasteiger partial charge in [-0.1, -0.05) is 17.7 Å². The highest BCUT2D eigenvalue weighted by Gasteiger charge is 2.10. The smallest absolute Gasteiger partial charge is 0.0656 e. The molecule has 0 fully saturated rings. The average Bonchev–Trinajstić information content (AvgIpc) is 2.31. The fourth-order valence-electron chi connectivity index (χ4n) is 2.34. The van der Waals surface area contributed by atoms with E-state index in [1.165, 1.54) is 11.1 Å². The normalized spacial score (nSPS) is 10.6. The van der Waals surface area contributed by atoms with Crippen LogP contribution in [0.3, 0.4) is 0 Å². The van der Waals surface area contributed by atoms with E-state index in [0.717, 1.165) is 16.9 Å². The largest absolute Gasteiger partial charge is 0.398 e. The molecule has 0 heterocycles. The summed E-state index contributed by atoms with van der Waals surface area (Å²) in [6.07, 6.45) is 0. The van der Waals surface area contributed by atoms with Gasteiger partial charge < -0.3 is 10.6 Å². The van der Waals surface area contributed by atoms with Gasteiger partial charge in [-0.3, -0.25) is 0 Å². The van der Waals surface area contributed by atoms with E-state index < -0.39 is 0 Å². The number of nitrogens with zero attached hydrogens (tertiary/aromatic N) is 1. The summed E-state index contributed by atoms with van der Waals surface area (Å²) in [6, 6.07) is 10.3. The average molecular weight is 275 g/mol. The van der Waals surface area contributed by atoms with E-state index in [1.54, 1.807) is 0 Å². The predicted molar refractivity (Wildman–Crippen MR) is 84.6 cm³/mol. The number of nitrogens with two attached hydrogens (primary N) is 1.